The normalized spacial score (nSPS) is 11.1. The van der Waals surface area contributed by atoms with Gasteiger partial charge < -0.3 is 10.1 Å². The summed E-state index contributed by atoms with van der Waals surface area (Å²) in [6.45, 7) is 8.38. The van der Waals surface area contributed by atoms with E-state index in [1.54, 1.807) is 0 Å². The molecule has 1 N–H and O–H groups in total. The van der Waals surface area contributed by atoms with E-state index in [1.165, 1.54) is 4.90 Å². The third-order valence-corrected chi connectivity index (χ3v) is 2.84. The number of nitrogens with one attached hydrogen (secondary N) is 1. The summed E-state index contributed by atoms with van der Waals surface area (Å²) in [5.41, 5.74) is 0. The van der Waals surface area contributed by atoms with Crippen LogP contribution in [0.1, 0.15) is 27.7 Å². The van der Waals surface area contributed by atoms with Gasteiger partial charge in [0.1, 0.15) is 5.75 Å². The van der Waals surface area contributed by atoms with E-state index < -0.39 is 0 Å². The van der Waals surface area contributed by atoms with Gasteiger partial charge in [-0.1, -0.05) is 13.8 Å². The Kier molecular flexibility index (Phi) is 5.71. The zero-order valence-corrected chi connectivity index (χ0v) is 11.3. The molecule has 2 nitrogen and oxygen atoms in total. The van der Waals surface area contributed by atoms with Crippen LogP contribution in [-0.2, 0) is 0 Å². The van der Waals surface area contributed by atoms with Gasteiger partial charge in [0.25, 0.3) is 0 Å². The molecule has 0 aliphatic heterocycles. The van der Waals surface area contributed by atoms with E-state index in [0.717, 1.165) is 11.6 Å². The lowest BCUT2D eigenvalue weighted by atomic mass is 10.3. The van der Waals surface area contributed by atoms with Crippen molar-refractivity contribution < 1.29 is 4.74 Å². The van der Waals surface area contributed by atoms with Gasteiger partial charge in [0.05, 0.1) is 6.10 Å². The van der Waals surface area contributed by atoms with Gasteiger partial charge in [-0.15, -0.1) is 11.8 Å². The molecule has 0 spiro atoms. The zero-order valence-electron chi connectivity index (χ0n) is 10.5. The number of hydrogen-bond donors (Lipinski definition) is 1. The van der Waals surface area contributed by atoms with E-state index in [0.29, 0.717) is 6.04 Å². The second-order valence-corrected chi connectivity index (χ2v) is 5.33. The second kappa shape index (κ2) is 6.81. The topological polar surface area (TPSA) is 21.3 Å². The molecule has 0 saturated heterocycles. The molecule has 1 aromatic rings. The fourth-order valence-corrected chi connectivity index (χ4v) is 2.09. The molecule has 0 atom stereocenters. The Bertz CT molecular complexity index is 295. The Morgan fingerprint density at radius 2 is 1.75 bits per heavy atom. The molecule has 1 rings (SSSR count). The molecule has 0 aromatic heterocycles. The Morgan fingerprint density at radius 3 is 2.25 bits per heavy atom. The molecule has 0 saturated carbocycles. The SMILES string of the molecule is CC(C)NCSc1ccc(OC(C)C)cc1. The van der Waals surface area contributed by atoms with Gasteiger partial charge in [0.2, 0.25) is 0 Å². The fraction of sp³-hybridized carbons (Fsp3) is 0.538. The summed E-state index contributed by atoms with van der Waals surface area (Å²) in [5.74, 6) is 1.89. The molecule has 0 amide bonds. The van der Waals surface area contributed by atoms with Crippen LogP contribution in [0, 0.1) is 0 Å². The van der Waals surface area contributed by atoms with Gasteiger partial charge in [0.15, 0.2) is 0 Å². The van der Waals surface area contributed by atoms with Crippen molar-refractivity contribution in [3.05, 3.63) is 24.3 Å². The zero-order chi connectivity index (χ0) is 12.0. The second-order valence-electron chi connectivity index (χ2n) is 4.29. The van der Waals surface area contributed by atoms with Crippen molar-refractivity contribution in [2.24, 2.45) is 0 Å². The molecule has 90 valence electrons. The van der Waals surface area contributed by atoms with Crippen LogP contribution in [0.25, 0.3) is 0 Å². The van der Waals surface area contributed by atoms with Crippen LogP contribution < -0.4 is 10.1 Å². The van der Waals surface area contributed by atoms with Crippen LogP contribution in [0.3, 0.4) is 0 Å². The average Bonchev–Trinajstić information content (AvgIpc) is 2.19. The van der Waals surface area contributed by atoms with Gasteiger partial charge in [-0.25, -0.2) is 0 Å². The Labute approximate surface area is 103 Å². The quantitative estimate of drug-likeness (QED) is 0.606. The lowest BCUT2D eigenvalue weighted by Crippen LogP contribution is -2.21. The highest BCUT2D eigenvalue weighted by molar-refractivity contribution is 7.99. The van der Waals surface area contributed by atoms with E-state index >= 15 is 0 Å². The third kappa shape index (κ3) is 5.42. The Morgan fingerprint density at radius 1 is 1.12 bits per heavy atom. The Hall–Kier alpha value is -0.670. The number of ether oxygens (including phenoxy) is 1. The van der Waals surface area contributed by atoms with Crippen molar-refractivity contribution in [3.8, 4) is 5.75 Å². The lowest BCUT2D eigenvalue weighted by molar-refractivity contribution is 0.242. The van der Waals surface area contributed by atoms with Crippen molar-refractivity contribution in [3.63, 3.8) is 0 Å². The van der Waals surface area contributed by atoms with Crippen LogP contribution in [0.4, 0.5) is 0 Å². The van der Waals surface area contributed by atoms with Crippen molar-refractivity contribution in [1.82, 2.24) is 5.32 Å². The van der Waals surface area contributed by atoms with E-state index in [1.807, 2.05) is 37.7 Å². The highest BCUT2D eigenvalue weighted by Crippen LogP contribution is 2.21. The van der Waals surface area contributed by atoms with Gasteiger partial charge >= 0.3 is 0 Å². The summed E-state index contributed by atoms with van der Waals surface area (Å²) in [5, 5.41) is 3.37. The number of thioether (sulfide) groups is 1. The molecule has 0 unspecified atom stereocenters. The molecule has 0 heterocycles. The van der Waals surface area contributed by atoms with E-state index in [4.69, 9.17) is 4.74 Å². The first kappa shape index (κ1) is 13.4. The van der Waals surface area contributed by atoms with Crippen LogP contribution in [-0.4, -0.2) is 18.0 Å². The average molecular weight is 239 g/mol. The minimum Gasteiger partial charge on any atom is -0.491 e. The highest BCUT2D eigenvalue weighted by Gasteiger charge is 1.99. The number of benzene rings is 1. The van der Waals surface area contributed by atoms with Crippen LogP contribution in [0.5, 0.6) is 5.75 Å². The minimum atomic E-state index is 0.237. The van der Waals surface area contributed by atoms with Gasteiger partial charge in [-0.2, -0.15) is 0 Å². The van der Waals surface area contributed by atoms with E-state index in [9.17, 15) is 0 Å². The molecule has 0 aliphatic rings. The number of hydrogen-bond acceptors (Lipinski definition) is 3. The van der Waals surface area contributed by atoms with Crippen molar-refractivity contribution >= 4 is 11.8 Å². The molecular formula is C13H21NOS. The summed E-state index contributed by atoms with van der Waals surface area (Å²) < 4.78 is 5.59. The molecule has 0 bridgehead atoms. The van der Waals surface area contributed by atoms with Crippen LogP contribution in [0.2, 0.25) is 0 Å². The fourth-order valence-electron chi connectivity index (χ4n) is 1.18. The maximum Gasteiger partial charge on any atom is 0.119 e. The summed E-state index contributed by atoms with van der Waals surface area (Å²) in [6, 6.07) is 8.79. The minimum absolute atomic E-state index is 0.237. The van der Waals surface area contributed by atoms with Gasteiger partial charge in [-0.05, 0) is 38.1 Å². The predicted molar refractivity (Wildman–Crippen MR) is 71.2 cm³/mol. The highest BCUT2D eigenvalue weighted by atomic mass is 32.2. The molecule has 3 heteroatoms. The van der Waals surface area contributed by atoms with E-state index in [2.05, 4.69) is 31.3 Å². The molecule has 16 heavy (non-hydrogen) atoms. The summed E-state index contributed by atoms with van der Waals surface area (Å²) in [7, 11) is 0. The first-order chi connectivity index (χ1) is 7.58. The summed E-state index contributed by atoms with van der Waals surface area (Å²) in [6.07, 6.45) is 0.237. The smallest absolute Gasteiger partial charge is 0.119 e. The molecule has 0 fully saturated rings. The molecule has 1 aromatic carbocycles. The standard InChI is InChI=1S/C13H21NOS/c1-10(2)14-9-16-13-7-5-12(6-8-13)15-11(3)4/h5-8,10-11,14H,9H2,1-4H3. The summed E-state index contributed by atoms with van der Waals surface area (Å²) in [4.78, 5) is 1.27. The maximum absolute atomic E-state index is 5.59. The van der Waals surface area contributed by atoms with Gasteiger partial charge in [-0.3, -0.25) is 0 Å². The molecule has 0 radical (unpaired) electrons. The predicted octanol–water partition coefficient (Wildman–Crippen LogP) is 3.52. The van der Waals surface area contributed by atoms with Gasteiger partial charge in [0, 0.05) is 16.8 Å². The largest absolute Gasteiger partial charge is 0.491 e. The van der Waals surface area contributed by atoms with Crippen molar-refractivity contribution in [2.45, 2.75) is 44.7 Å². The van der Waals surface area contributed by atoms with Crippen LogP contribution >= 0.6 is 11.8 Å². The van der Waals surface area contributed by atoms with E-state index in [-0.39, 0.29) is 6.10 Å². The lowest BCUT2D eigenvalue weighted by Gasteiger charge is -2.10. The number of rotatable bonds is 6. The van der Waals surface area contributed by atoms with Crippen molar-refractivity contribution in [1.29, 1.82) is 0 Å². The Balaban J connectivity index is 2.39. The molecular weight excluding hydrogens is 218 g/mol. The third-order valence-electron chi connectivity index (χ3n) is 1.93. The monoisotopic (exact) mass is 239 g/mol. The van der Waals surface area contributed by atoms with Crippen molar-refractivity contribution in [2.75, 3.05) is 5.88 Å². The molecule has 0 aliphatic carbocycles. The first-order valence-electron chi connectivity index (χ1n) is 5.71. The van der Waals surface area contributed by atoms with Crippen LogP contribution in [0.15, 0.2) is 29.2 Å². The summed E-state index contributed by atoms with van der Waals surface area (Å²) >= 11 is 1.81. The first-order valence-corrected chi connectivity index (χ1v) is 6.69. The maximum atomic E-state index is 5.59.